The highest BCUT2D eigenvalue weighted by Crippen LogP contribution is 1.98. The number of hydrogen-bond donors (Lipinski definition) is 3. The Balaban J connectivity index is 2.46. The Morgan fingerprint density at radius 1 is 1.20 bits per heavy atom. The molecule has 0 radical (unpaired) electrons. The number of carboxylic acid groups (broad SMARTS) is 1. The molecule has 0 bridgehead atoms. The molecule has 0 unspecified atom stereocenters. The van der Waals surface area contributed by atoms with E-state index in [-0.39, 0.29) is 19.6 Å². The average Bonchev–Trinajstić information content (AvgIpc) is 2.59. The average molecular weight is 348 g/mol. The number of rotatable bonds is 9. The molecule has 134 valence electrons. The quantitative estimate of drug-likeness (QED) is 0.441. The summed E-state index contributed by atoms with van der Waals surface area (Å²) in [5.41, 5.74) is 0.391. The van der Waals surface area contributed by atoms with Crippen LogP contribution in [0.2, 0.25) is 0 Å². The van der Waals surface area contributed by atoms with E-state index in [1.807, 2.05) is 0 Å². The van der Waals surface area contributed by atoms with Gasteiger partial charge in [-0.3, -0.25) is 9.59 Å². The molecule has 0 aliphatic rings. The van der Waals surface area contributed by atoms with Crippen molar-refractivity contribution in [2.24, 2.45) is 0 Å². The van der Waals surface area contributed by atoms with Gasteiger partial charge in [-0.1, -0.05) is 24.3 Å². The van der Waals surface area contributed by atoms with Crippen LogP contribution in [0.25, 0.3) is 0 Å². The lowest BCUT2D eigenvalue weighted by molar-refractivity contribution is -0.141. The van der Waals surface area contributed by atoms with Gasteiger partial charge >= 0.3 is 11.9 Å². The molecule has 1 rings (SSSR count). The van der Waals surface area contributed by atoms with Crippen molar-refractivity contribution in [2.45, 2.75) is 19.4 Å². The minimum atomic E-state index is -1.25. The molecule has 0 aromatic heterocycles. The number of amides is 2. The Bertz CT molecular complexity index is 642. The van der Waals surface area contributed by atoms with E-state index in [9.17, 15) is 19.2 Å². The van der Waals surface area contributed by atoms with Crippen molar-refractivity contribution in [1.82, 2.24) is 10.6 Å². The minimum Gasteiger partial charge on any atom is -0.480 e. The van der Waals surface area contributed by atoms with Crippen LogP contribution in [0.4, 0.5) is 0 Å². The van der Waals surface area contributed by atoms with Crippen molar-refractivity contribution in [2.75, 3.05) is 13.2 Å². The first-order valence-electron chi connectivity index (χ1n) is 7.62. The van der Waals surface area contributed by atoms with Crippen LogP contribution < -0.4 is 10.6 Å². The standard InChI is InChI=1S/C17H20N2O6/c1-2-25-15(21)10-6-9-13(17(23)24)19-14(20)11-18-16(22)12-7-4-3-5-8-12/h3-8,10,13H,2,9,11H2,1H3,(H,18,22)(H,19,20)(H,23,24)/b10-6+/t13-/m1/s1. The van der Waals surface area contributed by atoms with Crippen LogP contribution in [0, 0.1) is 0 Å². The molecule has 0 saturated carbocycles. The van der Waals surface area contributed by atoms with E-state index in [0.29, 0.717) is 5.56 Å². The number of nitrogens with one attached hydrogen (secondary N) is 2. The van der Waals surface area contributed by atoms with E-state index in [0.717, 1.165) is 6.08 Å². The molecule has 0 spiro atoms. The van der Waals surface area contributed by atoms with Gasteiger partial charge in [0.25, 0.3) is 5.91 Å². The lowest BCUT2D eigenvalue weighted by Crippen LogP contribution is -2.45. The number of carbonyl (C=O) groups is 4. The van der Waals surface area contributed by atoms with Gasteiger partial charge in [0.2, 0.25) is 5.91 Å². The zero-order valence-corrected chi connectivity index (χ0v) is 13.7. The third-order valence-electron chi connectivity index (χ3n) is 2.99. The zero-order valence-electron chi connectivity index (χ0n) is 13.7. The molecule has 0 fully saturated rings. The predicted octanol–water partition coefficient (Wildman–Crippen LogP) is 0.495. The fourth-order valence-electron chi connectivity index (χ4n) is 1.81. The maximum Gasteiger partial charge on any atom is 0.330 e. The number of carbonyl (C=O) groups excluding carboxylic acids is 3. The Morgan fingerprint density at radius 2 is 1.88 bits per heavy atom. The van der Waals surface area contributed by atoms with Crippen LogP contribution in [-0.4, -0.2) is 48.1 Å². The fourth-order valence-corrected chi connectivity index (χ4v) is 1.81. The minimum absolute atomic E-state index is 0.0908. The number of ether oxygens (including phenoxy) is 1. The first-order chi connectivity index (χ1) is 11.9. The molecule has 1 atom stereocenters. The van der Waals surface area contributed by atoms with Crippen LogP contribution in [0.1, 0.15) is 23.7 Å². The van der Waals surface area contributed by atoms with E-state index < -0.39 is 29.8 Å². The molecule has 8 nitrogen and oxygen atoms in total. The summed E-state index contributed by atoms with van der Waals surface area (Å²) >= 11 is 0. The number of hydrogen-bond acceptors (Lipinski definition) is 5. The van der Waals surface area contributed by atoms with E-state index in [1.165, 1.54) is 6.08 Å². The highest BCUT2D eigenvalue weighted by molar-refractivity contribution is 5.96. The molecule has 0 heterocycles. The van der Waals surface area contributed by atoms with Crippen LogP contribution in [0.5, 0.6) is 0 Å². The van der Waals surface area contributed by atoms with Gasteiger partial charge in [0.1, 0.15) is 6.04 Å². The van der Waals surface area contributed by atoms with Crippen molar-refractivity contribution >= 4 is 23.8 Å². The molecule has 0 aliphatic heterocycles. The Morgan fingerprint density at radius 3 is 2.48 bits per heavy atom. The fraction of sp³-hybridized carbons (Fsp3) is 0.294. The topological polar surface area (TPSA) is 122 Å². The molecule has 1 aromatic rings. The van der Waals surface area contributed by atoms with Gasteiger partial charge in [0, 0.05) is 11.6 Å². The molecule has 0 aliphatic carbocycles. The first-order valence-corrected chi connectivity index (χ1v) is 7.62. The van der Waals surface area contributed by atoms with Crippen LogP contribution in [0.3, 0.4) is 0 Å². The smallest absolute Gasteiger partial charge is 0.330 e. The number of esters is 1. The van der Waals surface area contributed by atoms with Crippen LogP contribution in [-0.2, 0) is 19.1 Å². The van der Waals surface area contributed by atoms with E-state index in [1.54, 1.807) is 37.3 Å². The maximum absolute atomic E-state index is 11.8. The van der Waals surface area contributed by atoms with Crippen LogP contribution in [0.15, 0.2) is 42.5 Å². The van der Waals surface area contributed by atoms with Crippen LogP contribution >= 0.6 is 0 Å². The maximum atomic E-state index is 11.8. The normalized spacial score (nSPS) is 11.6. The summed E-state index contributed by atoms with van der Waals surface area (Å²) in [5.74, 6) is -2.93. The summed E-state index contributed by atoms with van der Waals surface area (Å²) in [4.78, 5) is 45.9. The van der Waals surface area contributed by atoms with E-state index in [2.05, 4.69) is 15.4 Å². The van der Waals surface area contributed by atoms with Crippen molar-refractivity contribution in [3.8, 4) is 0 Å². The molecular weight excluding hydrogens is 328 g/mol. The lowest BCUT2D eigenvalue weighted by atomic mass is 10.2. The summed E-state index contributed by atoms with van der Waals surface area (Å²) in [5, 5.41) is 13.8. The third-order valence-corrected chi connectivity index (χ3v) is 2.99. The summed E-state index contributed by atoms with van der Waals surface area (Å²) in [6, 6.07) is 7.09. The van der Waals surface area contributed by atoms with Gasteiger partial charge < -0.3 is 20.5 Å². The molecular formula is C17H20N2O6. The highest BCUT2D eigenvalue weighted by atomic mass is 16.5. The molecule has 3 N–H and O–H groups in total. The molecule has 2 amide bonds. The Hall–Kier alpha value is -3.16. The lowest BCUT2D eigenvalue weighted by Gasteiger charge is -2.13. The second-order valence-corrected chi connectivity index (χ2v) is 4.90. The molecule has 25 heavy (non-hydrogen) atoms. The second kappa shape index (κ2) is 10.6. The Labute approximate surface area is 144 Å². The monoisotopic (exact) mass is 348 g/mol. The van der Waals surface area contributed by atoms with E-state index in [4.69, 9.17) is 5.11 Å². The number of carboxylic acids is 1. The predicted molar refractivity (Wildman–Crippen MR) is 88.7 cm³/mol. The molecule has 0 saturated heterocycles. The molecule has 1 aromatic carbocycles. The highest BCUT2D eigenvalue weighted by Gasteiger charge is 2.19. The first kappa shape index (κ1) is 19.9. The largest absolute Gasteiger partial charge is 0.480 e. The van der Waals surface area contributed by atoms with Gasteiger partial charge in [-0.2, -0.15) is 0 Å². The van der Waals surface area contributed by atoms with Gasteiger partial charge in [0.15, 0.2) is 0 Å². The van der Waals surface area contributed by atoms with Crippen molar-refractivity contribution in [1.29, 1.82) is 0 Å². The zero-order chi connectivity index (χ0) is 18.7. The van der Waals surface area contributed by atoms with Gasteiger partial charge in [-0.25, -0.2) is 9.59 Å². The van der Waals surface area contributed by atoms with Gasteiger partial charge in [-0.15, -0.1) is 0 Å². The van der Waals surface area contributed by atoms with Gasteiger partial charge in [-0.05, 0) is 25.5 Å². The van der Waals surface area contributed by atoms with Crippen molar-refractivity contribution < 1.29 is 29.0 Å². The summed E-state index contributed by atoms with van der Waals surface area (Å²) in [6.07, 6.45) is 2.31. The summed E-state index contributed by atoms with van der Waals surface area (Å²) in [7, 11) is 0. The van der Waals surface area contributed by atoms with Crippen molar-refractivity contribution in [3.63, 3.8) is 0 Å². The third kappa shape index (κ3) is 7.78. The van der Waals surface area contributed by atoms with Gasteiger partial charge in [0.05, 0.1) is 13.2 Å². The number of aliphatic carboxylic acids is 1. The SMILES string of the molecule is CCOC(=O)/C=C/C[C@@H](NC(=O)CNC(=O)c1ccccc1)C(=O)O. The summed E-state index contributed by atoms with van der Waals surface area (Å²) in [6.45, 7) is 1.50. The summed E-state index contributed by atoms with van der Waals surface area (Å²) < 4.78 is 4.66. The van der Waals surface area contributed by atoms with Crippen molar-refractivity contribution in [3.05, 3.63) is 48.0 Å². The number of benzene rings is 1. The Kier molecular flexibility index (Phi) is 8.42. The second-order valence-electron chi connectivity index (χ2n) is 4.90. The van der Waals surface area contributed by atoms with E-state index >= 15 is 0 Å². The molecule has 8 heteroatoms.